The summed E-state index contributed by atoms with van der Waals surface area (Å²) in [5, 5.41) is 0. The van der Waals surface area contributed by atoms with E-state index >= 15 is 0 Å². The van der Waals surface area contributed by atoms with Gasteiger partial charge in [-0.15, -0.1) is 0 Å². The Morgan fingerprint density at radius 3 is 3.09 bits per heavy atom. The molecule has 2 aliphatic heterocycles. The van der Waals surface area contributed by atoms with E-state index in [1.54, 1.807) is 6.20 Å². The third-order valence-corrected chi connectivity index (χ3v) is 5.25. The van der Waals surface area contributed by atoms with E-state index in [9.17, 15) is 8.42 Å². The normalized spacial score (nSPS) is 29.4. The van der Waals surface area contributed by atoms with E-state index < -0.39 is 10.0 Å². The molecule has 6 nitrogen and oxygen atoms in total. The summed E-state index contributed by atoms with van der Waals surface area (Å²) in [6, 6.07) is 4.07. The lowest BCUT2D eigenvalue weighted by Gasteiger charge is -2.35. The average molecular weight is 325 g/mol. The summed E-state index contributed by atoms with van der Waals surface area (Å²) < 4.78 is 30.8. The number of likely N-dealkylation sites (tertiary alicyclic amines) is 1. The van der Waals surface area contributed by atoms with E-state index in [1.165, 1.54) is 11.8 Å². The Labute approximate surface area is 131 Å². The number of nitrogens with zero attached hydrogens (tertiary/aromatic N) is 2. The first-order valence-corrected chi connectivity index (χ1v) is 9.58. The van der Waals surface area contributed by atoms with Crippen LogP contribution in [0.2, 0.25) is 0 Å². The van der Waals surface area contributed by atoms with Gasteiger partial charge in [-0.2, -0.15) is 0 Å². The lowest BCUT2D eigenvalue weighted by atomic mass is 9.84. The van der Waals surface area contributed by atoms with E-state index in [0.29, 0.717) is 18.4 Å². The molecule has 0 spiro atoms. The van der Waals surface area contributed by atoms with Crippen LogP contribution in [0.15, 0.2) is 24.5 Å². The molecule has 0 unspecified atom stereocenters. The van der Waals surface area contributed by atoms with Crippen LogP contribution in [0.25, 0.3) is 0 Å². The summed E-state index contributed by atoms with van der Waals surface area (Å²) in [4.78, 5) is 6.60. The monoisotopic (exact) mass is 325 g/mol. The van der Waals surface area contributed by atoms with Gasteiger partial charge in [-0.3, -0.25) is 9.88 Å². The van der Waals surface area contributed by atoms with Crippen molar-refractivity contribution in [3.05, 3.63) is 30.1 Å². The quantitative estimate of drug-likeness (QED) is 0.852. The highest BCUT2D eigenvalue weighted by Crippen LogP contribution is 2.34. The number of pyridine rings is 1. The molecule has 3 heterocycles. The number of piperidine rings is 1. The van der Waals surface area contributed by atoms with Crippen LogP contribution in [0.3, 0.4) is 0 Å². The average Bonchev–Trinajstić information content (AvgIpc) is 2.88. The second kappa shape index (κ2) is 6.62. The molecule has 1 aromatic heterocycles. The molecular formula is C15H23N3O3S. The smallest absolute Gasteiger partial charge is 0.208 e. The standard InChI is InChI=1S/C15H23N3O3S/c1-22(19,20)17-8-15-14-4-6-18(10-13(14)11-21-15)9-12-3-2-5-16-7-12/h2-3,5,7,13-15,17H,4,6,8-11H2,1H3/t13-,14-,15+/m0/s1. The van der Waals surface area contributed by atoms with Crippen molar-refractivity contribution in [2.75, 3.05) is 32.5 Å². The van der Waals surface area contributed by atoms with Gasteiger partial charge in [0, 0.05) is 37.9 Å². The first kappa shape index (κ1) is 15.9. The van der Waals surface area contributed by atoms with Gasteiger partial charge in [-0.25, -0.2) is 13.1 Å². The third-order valence-electron chi connectivity index (χ3n) is 4.55. The maximum Gasteiger partial charge on any atom is 0.208 e. The summed E-state index contributed by atoms with van der Waals surface area (Å²) in [6.07, 6.45) is 5.97. The fourth-order valence-electron chi connectivity index (χ4n) is 3.50. The number of hydrogen-bond donors (Lipinski definition) is 1. The number of sulfonamides is 1. The number of hydrogen-bond acceptors (Lipinski definition) is 5. The Hall–Kier alpha value is -1.02. The Kier molecular flexibility index (Phi) is 4.77. The zero-order valence-corrected chi connectivity index (χ0v) is 13.6. The molecule has 0 radical (unpaired) electrons. The van der Waals surface area contributed by atoms with Crippen molar-refractivity contribution < 1.29 is 13.2 Å². The molecule has 0 bridgehead atoms. The van der Waals surface area contributed by atoms with E-state index in [-0.39, 0.29) is 6.10 Å². The number of aromatic nitrogens is 1. The van der Waals surface area contributed by atoms with Crippen molar-refractivity contribution in [3.8, 4) is 0 Å². The first-order valence-electron chi connectivity index (χ1n) is 7.69. The molecule has 2 fully saturated rings. The van der Waals surface area contributed by atoms with Crippen LogP contribution in [0.4, 0.5) is 0 Å². The van der Waals surface area contributed by atoms with Gasteiger partial charge >= 0.3 is 0 Å². The molecule has 0 amide bonds. The van der Waals surface area contributed by atoms with E-state index in [4.69, 9.17) is 4.74 Å². The van der Waals surface area contributed by atoms with Crippen LogP contribution in [0, 0.1) is 11.8 Å². The fraction of sp³-hybridized carbons (Fsp3) is 0.667. The molecule has 3 atom stereocenters. The minimum Gasteiger partial charge on any atom is -0.376 e. The van der Waals surface area contributed by atoms with Crippen LogP contribution < -0.4 is 4.72 Å². The molecule has 0 saturated carbocycles. The van der Waals surface area contributed by atoms with Gasteiger partial charge in [0.1, 0.15) is 0 Å². The minimum absolute atomic E-state index is 0.0141. The first-order chi connectivity index (χ1) is 10.5. The van der Waals surface area contributed by atoms with Crippen molar-refractivity contribution in [3.63, 3.8) is 0 Å². The summed E-state index contributed by atoms with van der Waals surface area (Å²) in [5.41, 5.74) is 1.23. The molecule has 7 heteroatoms. The maximum atomic E-state index is 11.2. The molecule has 2 saturated heterocycles. The maximum absolute atomic E-state index is 11.2. The highest BCUT2D eigenvalue weighted by molar-refractivity contribution is 7.88. The van der Waals surface area contributed by atoms with E-state index in [1.807, 2.05) is 12.3 Å². The van der Waals surface area contributed by atoms with Gasteiger partial charge in [0.25, 0.3) is 0 Å². The summed E-state index contributed by atoms with van der Waals surface area (Å²) in [6.45, 7) is 4.07. The highest BCUT2D eigenvalue weighted by atomic mass is 32.2. The predicted molar refractivity (Wildman–Crippen MR) is 83.7 cm³/mol. The molecule has 3 rings (SSSR count). The topological polar surface area (TPSA) is 71.5 Å². The minimum atomic E-state index is -3.15. The molecular weight excluding hydrogens is 302 g/mol. The lowest BCUT2D eigenvalue weighted by Crippen LogP contribution is -2.43. The van der Waals surface area contributed by atoms with E-state index in [0.717, 1.165) is 32.7 Å². The number of rotatable bonds is 5. The van der Waals surface area contributed by atoms with Crippen LogP contribution in [0.5, 0.6) is 0 Å². The molecule has 1 N–H and O–H groups in total. The predicted octanol–water partition coefficient (Wildman–Crippen LogP) is 0.468. The lowest BCUT2D eigenvalue weighted by molar-refractivity contribution is 0.0885. The fourth-order valence-corrected chi connectivity index (χ4v) is 3.97. The van der Waals surface area contributed by atoms with Crippen molar-refractivity contribution in [2.24, 2.45) is 11.8 Å². The summed E-state index contributed by atoms with van der Waals surface area (Å²) in [7, 11) is -3.15. The number of nitrogens with one attached hydrogen (secondary N) is 1. The Balaban J connectivity index is 1.53. The Morgan fingerprint density at radius 2 is 2.36 bits per heavy atom. The van der Waals surface area contributed by atoms with Crippen LogP contribution in [-0.4, -0.2) is 56.9 Å². The molecule has 0 aromatic carbocycles. The zero-order chi connectivity index (χ0) is 15.6. The van der Waals surface area contributed by atoms with Gasteiger partial charge in [-0.1, -0.05) is 6.07 Å². The van der Waals surface area contributed by atoms with Crippen LogP contribution in [-0.2, 0) is 21.3 Å². The molecule has 22 heavy (non-hydrogen) atoms. The van der Waals surface area contributed by atoms with Crippen molar-refractivity contribution >= 4 is 10.0 Å². The number of fused-ring (bicyclic) bond motifs is 1. The summed E-state index contributed by atoms with van der Waals surface area (Å²) >= 11 is 0. The van der Waals surface area contributed by atoms with Gasteiger partial charge in [0.2, 0.25) is 10.0 Å². The summed E-state index contributed by atoms with van der Waals surface area (Å²) in [5.74, 6) is 0.955. The SMILES string of the molecule is CS(=O)(=O)NC[C@H]1OC[C@@H]2CN(Cc3cccnc3)CC[C@@H]21. The van der Waals surface area contributed by atoms with Gasteiger partial charge in [0.15, 0.2) is 0 Å². The molecule has 0 aliphatic carbocycles. The van der Waals surface area contributed by atoms with Crippen LogP contribution >= 0.6 is 0 Å². The van der Waals surface area contributed by atoms with Crippen molar-refractivity contribution in [2.45, 2.75) is 19.1 Å². The largest absolute Gasteiger partial charge is 0.376 e. The molecule has 1 aromatic rings. The second-order valence-electron chi connectivity index (χ2n) is 6.30. The van der Waals surface area contributed by atoms with Gasteiger partial charge in [-0.05, 0) is 30.5 Å². The molecule has 2 aliphatic rings. The van der Waals surface area contributed by atoms with Crippen molar-refractivity contribution in [1.82, 2.24) is 14.6 Å². The Morgan fingerprint density at radius 1 is 1.50 bits per heavy atom. The van der Waals surface area contributed by atoms with Crippen LogP contribution in [0.1, 0.15) is 12.0 Å². The zero-order valence-electron chi connectivity index (χ0n) is 12.8. The Bertz CT molecular complexity index is 593. The highest BCUT2D eigenvalue weighted by Gasteiger charge is 2.40. The van der Waals surface area contributed by atoms with E-state index in [2.05, 4.69) is 20.7 Å². The third kappa shape index (κ3) is 4.04. The second-order valence-corrected chi connectivity index (χ2v) is 8.13. The number of ether oxygens (including phenoxy) is 1. The molecule has 122 valence electrons. The van der Waals surface area contributed by atoms with Gasteiger partial charge in [0.05, 0.1) is 19.0 Å². The van der Waals surface area contributed by atoms with Crippen molar-refractivity contribution in [1.29, 1.82) is 0 Å². The van der Waals surface area contributed by atoms with Gasteiger partial charge < -0.3 is 4.74 Å².